The molecular formula is C21H17F5O4. The lowest BCUT2D eigenvalue weighted by Gasteiger charge is -2.22. The highest BCUT2D eigenvalue weighted by Gasteiger charge is 2.46. The zero-order chi connectivity index (χ0) is 22.0. The third-order valence-corrected chi connectivity index (χ3v) is 5.22. The van der Waals surface area contributed by atoms with Crippen LogP contribution in [0.2, 0.25) is 0 Å². The number of halogens is 5. The van der Waals surface area contributed by atoms with Gasteiger partial charge in [0.05, 0.1) is 11.8 Å². The monoisotopic (exact) mass is 428 g/mol. The molecule has 3 unspecified atom stereocenters. The van der Waals surface area contributed by atoms with Crippen molar-refractivity contribution in [1.29, 1.82) is 0 Å². The van der Waals surface area contributed by atoms with Gasteiger partial charge in [0.1, 0.15) is 5.75 Å². The highest BCUT2D eigenvalue weighted by atomic mass is 19.2. The Morgan fingerprint density at radius 2 is 1.40 bits per heavy atom. The van der Waals surface area contributed by atoms with E-state index in [-0.39, 0.29) is 18.1 Å². The number of para-hydroxylation sites is 1. The molecule has 160 valence electrons. The number of esters is 2. The van der Waals surface area contributed by atoms with Crippen LogP contribution in [-0.2, 0) is 9.59 Å². The highest BCUT2D eigenvalue weighted by molar-refractivity contribution is 5.85. The Balaban J connectivity index is 1.86. The Morgan fingerprint density at radius 3 is 1.97 bits per heavy atom. The molecule has 0 radical (unpaired) electrons. The normalized spacial score (nSPS) is 20.8. The van der Waals surface area contributed by atoms with Gasteiger partial charge >= 0.3 is 11.9 Å². The maximum absolute atomic E-state index is 13.9. The predicted molar refractivity (Wildman–Crippen MR) is 93.9 cm³/mol. The first-order valence-electron chi connectivity index (χ1n) is 9.26. The van der Waals surface area contributed by atoms with Gasteiger partial charge in [-0.1, -0.05) is 31.5 Å². The van der Waals surface area contributed by atoms with Crippen LogP contribution in [0.1, 0.15) is 26.2 Å². The molecular weight excluding hydrogens is 411 g/mol. The Kier molecular flexibility index (Phi) is 6.38. The molecule has 1 fully saturated rings. The van der Waals surface area contributed by atoms with Gasteiger partial charge in [0.25, 0.3) is 0 Å². The van der Waals surface area contributed by atoms with E-state index in [1.54, 1.807) is 25.1 Å². The SMILES string of the molecule is CCC1CCC(C(=O)Oc2ccccc2)C1C(=O)Oc1c(F)c(F)c(F)c(F)c1F. The van der Waals surface area contributed by atoms with Crippen molar-refractivity contribution in [2.75, 3.05) is 0 Å². The van der Waals surface area contributed by atoms with Crippen molar-refractivity contribution >= 4 is 11.9 Å². The van der Waals surface area contributed by atoms with Gasteiger partial charge in [0, 0.05) is 0 Å². The number of benzene rings is 2. The Labute approximate surface area is 168 Å². The number of hydrogen-bond acceptors (Lipinski definition) is 4. The molecule has 0 bridgehead atoms. The summed E-state index contributed by atoms with van der Waals surface area (Å²) in [6.45, 7) is 1.74. The van der Waals surface area contributed by atoms with Gasteiger partial charge in [-0.05, 0) is 30.9 Å². The van der Waals surface area contributed by atoms with Gasteiger partial charge in [-0.25, -0.2) is 13.2 Å². The summed E-state index contributed by atoms with van der Waals surface area (Å²) >= 11 is 0. The number of carbonyl (C=O) groups excluding carboxylic acids is 2. The fraction of sp³-hybridized carbons (Fsp3) is 0.333. The summed E-state index contributed by atoms with van der Waals surface area (Å²) in [6.07, 6.45) is 1.12. The van der Waals surface area contributed by atoms with Crippen LogP contribution < -0.4 is 9.47 Å². The fourth-order valence-corrected chi connectivity index (χ4v) is 3.68. The smallest absolute Gasteiger partial charge is 0.315 e. The number of rotatable bonds is 5. The molecule has 0 spiro atoms. The zero-order valence-corrected chi connectivity index (χ0v) is 15.8. The first kappa shape index (κ1) is 21.7. The molecule has 4 nitrogen and oxygen atoms in total. The van der Waals surface area contributed by atoms with Crippen LogP contribution in [0.25, 0.3) is 0 Å². The molecule has 0 N–H and O–H groups in total. The van der Waals surface area contributed by atoms with E-state index < -0.39 is 58.6 Å². The largest absolute Gasteiger partial charge is 0.426 e. The van der Waals surface area contributed by atoms with Crippen molar-refractivity contribution in [1.82, 2.24) is 0 Å². The van der Waals surface area contributed by atoms with Gasteiger partial charge in [0.15, 0.2) is 0 Å². The average Bonchev–Trinajstić information content (AvgIpc) is 3.19. The second kappa shape index (κ2) is 8.81. The molecule has 9 heteroatoms. The number of carbonyl (C=O) groups is 2. The lowest BCUT2D eigenvalue weighted by atomic mass is 9.88. The summed E-state index contributed by atoms with van der Waals surface area (Å²) in [4.78, 5) is 25.2. The summed E-state index contributed by atoms with van der Waals surface area (Å²) in [6, 6.07) is 8.06. The van der Waals surface area contributed by atoms with Crippen LogP contribution in [0.5, 0.6) is 11.5 Å². The maximum atomic E-state index is 13.9. The Bertz CT molecular complexity index is 935. The summed E-state index contributed by atoms with van der Waals surface area (Å²) in [5, 5.41) is 0. The molecule has 1 aliphatic rings. The van der Waals surface area contributed by atoms with E-state index >= 15 is 0 Å². The summed E-state index contributed by atoms with van der Waals surface area (Å²) < 4.78 is 77.6. The van der Waals surface area contributed by atoms with E-state index in [0.717, 1.165) is 0 Å². The summed E-state index contributed by atoms with van der Waals surface area (Å²) in [7, 11) is 0. The van der Waals surface area contributed by atoms with Crippen LogP contribution in [0.4, 0.5) is 22.0 Å². The van der Waals surface area contributed by atoms with Crippen LogP contribution in [0.3, 0.4) is 0 Å². The quantitative estimate of drug-likeness (QED) is 0.222. The van der Waals surface area contributed by atoms with Gasteiger partial charge in [-0.2, -0.15) is 8.78 Å². The first-order chi connectivity index (χ1) is 14.3. The van der Waals surface area contributed by atoms with E-state index in [9.17, 15) is 31.5 Å². The Hall–Kier alpha value is -2.97. The van der Waals surface area contributed by atoms with E-state index in [4.69, 9.17) is 4.74 Å². The van der Waals surface area contributed by atoms with E-state index in [1.807, 2.05) is 0 Å². The topological polar surface area (TPSA) is 52.6 Å². The van der Waals surface area contributed by atoms with Crippen molar-refractivity contribution < 1.29 is 41.0 Å². The van der Waals surface area contributed by atoms with E-state index in [1.165, 1.54) is 12.1 Å². The average molecular weight is 428 g/mol. The molecule has 1 saturated carbocycles. The second-order valence-corrected chi connectivity index (χ2v) is 6.93. The van der Waals surface area contributed by atoms with Crippen LogP contribution in [0.15, 0.2) is 30.3 Å². The fourth-order valence-electron chi connectivity index (χ4n) is 3.68. The number of hydrogen-bond donors (Lipinski definition) is 0. The van der Waals surface area contributed by atoms with Gasteiger partial charge in [-0.3, -0.25) is 9.59 Å². The Morgan fingerprint density at radius 1 is 0.833 bits per heavy atom. The predicted octanol–water partition coefficient (Wildman–Crippen LogP) is 4.95. The van der Waals surface area contributed by atoms with Crippen molar-refractivity contribution in [2.24, 2.45) is 17.8 Å². The molecule has 0 heterocycles. The molecule has 0 aromatic heterocycles. The molecule has 0 saturated heterocycles. The molecule has 1 aliphatic carbocycles. The molecule has 2 aromatic carbocycles. The third-order valence-electron chi connectivity index (χ3n) is 5.22. The summed E-state index contributed by atoms with van der Waals surface area (Å²) in [5.74, 6) is -17.3. The minimum absolute atomic E-state index is 0.245. The minimum atomic E-state index is -2.36. The molecule has 3 atom stereocenters. The van der Waals surface area contributed by atoms with Gasteiger partial charge in [0.2, 0.25) is 34.8 Å². The van der Waals surface area contributed by atoms with Crippen LogP contribution in [0, 0.1) is 46.8 Å². The second-order valence-electron chi connectivity index (χ2n) is 6.93. The lowest BCUT2D eigenvalue weighted by molar-refractivity contribution is -0.150. The standard InChI is InChI=1S/C21H17F5O4/c1-2-10-8-9-12(20(27)29-11-6-4-3-5-7-11)13(10)21(28)30-19-17(25)15(23)14(22)16(24)18(19)26/h3-7,10,12-13H,2,8-9H2,1H3. The van der Waals surface area contributed by atoms with Crippen molar-refractivity contribution in [3.05, 3.63) is 59.4 Å². The van der Waals surface area contributed by atoms with E-state index in [0.29, 0.717) is 12.8 Å². The third kappa shape index (κ3) is 4.01. The highest BCUT2D eigenvalue weighted by Crippen LogP contribution is 2.41. The van der Waals surface area contributed by atoms with E-state index in [2.05, 4.69) is 4.74 Å². The molecule has 3 rings (SSSR count). The van der Waals surface area contributed by atoms with Gasteiger partial charge < -0.3 is 9.47 Å². The first-order valence-corrected chi connectivity index (χ1v) is 9.26. The van der Waals surface area contributed by atoms with Crippen molar-refractivity contribution in [3.63, 3.8) is 0 Å². The minimum Gasteiger partial charge on any atom is -0.426 e. The van der Waals surface area contributed by atoms with Crippen LogP contribution in [-0.4, -0.2) is 11.9 Å². The lowest BCUT2D eigenvalue weighted by Crippen LogP contribution is -2.35. The number of ether oxygens (including phenoxy) is 2. The van der Waals surface area contributed by atoms with Crippen molar-refractivity contribution in [3.8, 4) is 11.5 Å². The van der Waals surface area contributed by atoms with Crippen molar-refractivity contribution in [2.45, 2.75) is 26.2 Å². The maximum Gasteiger partial charge on any atom is 0.315 e. The van der Waals surface area contributed by atoms with Crippen LogP contribution >= 0.6 is 0 Å². The molecule has 30 heavy (non-hydrogen) atoms. The molecule has 2 aromatic rings. The molecule has 0 aliphatic heterocycles. The van der Waals surface area contributed by atoms with Gasteiger partial charge in [-0.15, -0.1) is 0 Å². The zero-order valence-electron chi connectivity index (χ0n) is 15.8. The summed E-state index contributed by atoms with van der Waals surface area (Å²) in [5.41, 5.74) is 0. The molecule has 0 amide bonds.